The Bertz CT molecular complexity index is 865. The number of ether oxygens (including phenoxy) is 1. The molecule has 2 aromatic rings. The summed E-state index contributed by atoms with van der Waals surface area (Å²) >= 11 is 0. The molecular weight excluding hydrogens is 364 g/mol. The van der Waals surface area contributed by atoms with Gasteiger partial charge in [0.1, 0.15) is 10.6 Å². The third-order valence-electron chi connectivity index (χ3n) is 3.88. The monoisotopic (exact) mass is 390 g/mol. The van der Waals surface area contributed by atoms with E-state index in [-0.39, 0.29) is 28.2 Å². The van der Waals surface area contributed by atoms with E-state index >= 15 is 0 Å². The van der Waals surface area contributed by atoms with E-state index in [9.17, 15) is 13.2 Å². The summed E-state index contributed by atoms with van der Waals surface area (Å²) in [6.07, 6.45) is 1.66. The quantitative estimate of drug-likeness (QED) is 0.645. The summed E-state index contributed by atoms with van der Waals surface area (Å²) in [7, 11) is -2.38. The maximum absolute atomic E-state index is 12.5. The highest BCUT2D eigenvalue weighted by Crippen LogP contribution is 2.25. The predicted molar refractivity (Wildman–Crippen MR) is 106 cm³/mol. The molecule has 0 aromatic heterocycles. The van der Waals surface area contributed by atoms with Crippen molar-refractivity contribution < 1.29 is 17.9 Å². The Kier molecular flexibility index (Phi) is 7.38. The molecule has 146 valence electrons. The van der Waals surface area contributed by atoms with Crippen molar-refractivity contribution in [1.29, 1.82) is 0 Å². The van der Waals surface area contributed by atoms with Gasteiger partial charge in [0.25, 0.3) is 5.91 Å². The molecule has 2 rings (SSSR count). The molecule has 0 fully saturated rings. The van der Waals surface area contributed by atoms with Crippen LogP contribution in [0.1, 0.15) is 36.2 Å². The van der Waals surface area contributed by atoms with Gasteiger partial charge in [-0.2, -0.15) is 0 Å². The zero-order valence-electron chi connectivity index (χ0n) is 15.9. The van der Waals surface area contributed by atoms with Crippen LogP contribution in [0.15, 0.2) is 53.4 Å². The fourth-order valence-electron chi connectivity index (χ4n) is 2.64. The normalized spacial score (nSPS) is 11.4. The highest BCUT2D eigenvalue weighted by Gasteiger charge is 2.22. The highest BCUT2D eigenvalue weighted by atomic mass is 32.2. The first kappa shape index (κ1) is 20.9. The van der Waals surface area contributed by atoms with Crippen LogP contribution in [0, 0.1) is 0 Å². The Morgan fingerprint density at radius 3 is 2.44 bits per heavy atom. The lowest BCUT2D eigenvalue weighted by molar-refractivity contribution is 0.0953. The van der Waals surface area contributed by atoms with Gasteiger partial charge in [0.2, 0.25) is 10.0 Å². The second-order valence-corrected chi connectivity index (χ2v) is 8.17. The number of methoxy groups -OCH3 is 1. The molecule has 0 unspecified atom stereocenters. The average molecular weight is 391 g/mol. The molecule has 2 aromatic carbocycles. The number of nitrogens with one attached hydrogen (secondary N) is 2. The SMILES string of the molecule is COc1ccc(C(=O)NCCCc2ccccc2)cc1S(=O)(=O)NC(C)C. The van der Waals surface area contributed by atoms with Gasteiger partial charge < -0.3 is 10.1 Å². The summed E-state index contributed by atoms with van der Waals surface area (Å²) in [6.45, 7) is 3.97. The topological polar surface area (TPSA) is 84.5 Å². The molecule has 7 heteroatoms. The van der Waals surface area contributed by atoms with E-state index in [1.54, 1.807) is 19.9 Å². The molecule has 6 nitrogen and oxygen atoms in total. The molecule has 0 aliphatic heterocycles. The summed E-state index contributed by atoms with van der Waals surface area (Å²) in [5.74, 6) is -0.115. The second-order valence-electron chi connectivity index (χ2n) is 6.49. The Hall–Kier alpha value is -2.38. The largest absolute Gasteiger partial charge is 0.495 e. The minimum atomic E-state index is -3.77. The second kappa shape index (κ2) is 9.53. The van der Waals surface area contributed by atoms with Gasteiger partial charge in [-0.1, -0.05) is 30.3 Å². The first-order valence-electron chi connectivity index (χ1n) is 8.86. The van der Waals surface area contributed by atoms with E-state index in [0.717, 1.165) is 12.8 Å². The zero-order chi connectivity index (χ0) is 19.9. The number of sulfonamides is 1. The molecule has 0 radical (unpaired) electrons. The zero-order valence-corrected chi connectivity index (χ0v) is 16.7. The van der Waals surface area contributed by atoms with E-state index in [0.29, 0.717) is 6.54 Å². The van der Waals surface area contributed by atoms with Crippen LogP contribution in [-0.2, 0) is 16.4 Å². The van der Waals surface area contributed by atoms with Crippen LogP contribution in [0.25, 0.3) is 0 Å². The molecule has 0 atom stereocenters. The molecule has 0 bridgehead atoms. The van der Waals surface area contributed by atoms with Gasteiger partial charge in [0.15, 0.2) is 0 Å². The average Bonchev–Trinajstić information content (AvgIpc) is 2.64. The Morgan fingerprint density at radius 1 is 1.11 bits per heavy atom. The molecule has 27 heavy (non-hydrogen) atoms. The van der Waals surface area contributed by atoms with E-state index in [2.05, 4.69) is 10.0 Å². The van der Waals surface area contributed by atoms with Crippen molar-refractivity contribution in [2.45, 2.75) is 37.6 Å². The molecule has 0 aliphatic rings. The van der Waals surface area contributed by atoms with Crippen LogP contribution in [-0.4, -0.2) is 34.0 Å². The van der Waals surface area contributed by atoms with E-state index in [4.69, 9.17) is 4.74 Å². The molecule has 0 heterocycles. The number of carbonyl (C=O) groups is 1. The van der Waals surface area contributed by atoms with Gasteiger partial charge in [-0.3, -0.25) is 4.79 Å². The molecule has 0 aliphatic carbocycles. The lowest BCUT2D eigenvalue weighted by Gasteiger charge is -2.14. The summed E-state index contributed by atoms with van der Waals surface area (Å²) in [6, 6.07) is 14.2. The Balaban J connectivity index is 2.04. The predicted octanol–water partition coefficient (Wildman–Crippen LogP) is 2.74. The van der Waals surface area contributed by atoms with Crippen molar-refractivity contribution in [2.24, 2.45) is 0 Å². The summed E-state index contributed by atoms with van der Waals surface area (Å²) in [5, 5.41) is 2.83. The Morgan fingerprint density at radius 2 is 1.81 bits per heavy atom. The number of hydrogen-bond donors (Lipinski definition) is 2. The number of benzene rings is 2. The first-order valence-corrected chi connectivity index (χ1v) is 10.3. The van der Waals surface area contributed by atoms with Gasteiger partial charge >= 0.3 is 0 Å². The van der Waals surface area contributed by atoms with Gasteiger partial charge in [0, 0.05) is 18.2 Å². The van der Waals surface area contributed by atoms with Crippen LogP contribution < -0.4 is 14.8 Å². The summed E-state index contributed by atoms with van der Waals surface area (Å²) in [4.78, 5) is 12.3. The van der Waals surface area contributed by atoms with Gasteiger partial charge in [0.05, 0.1) is 7.11 Å². The number of rotatable bonds is 9. The lowest BCUT2D eigenvalue weighted by Crippen LogP contribution is -2.31. The van der Waals surface area contributed by atoms with Crippen molar-refractivity contribution in [3.63, 3.8) is 0 Å². The molecule has 1 amide bonds. The van der Waals surface area contributed by atoms with Crippen molar-refractivity contribution in [3.8, 4) is 5.75 Å². The van der Waals surface area contributed by atoms with Crippen LogP contribution in [0.5, 0.6) is 5.75 Å². The number of hydrogen-bond acceptors (Lipinski definition) is 4. The molecule has 2 N–H and O–H groups in total. The molecule has 0 saturated carbocycles. The maximum atomic E-state index is 12.5. The smallest absolute Gasteiger partial charge is 0.251 e. The van der Waals surface area contributed by atoms with Crippen LogP contribution >= 0.6 is 0 Å². The van der Waals surface area contributed by atoms with E-state index in [1.165, 1.54) is 24.8 Å². The van der Waals surface area contributed by atoms with Gasteiger partial charge in [-0.25, -0.2) is 13.1 Å². The van der Waals surface area contributed by atoms with Crippen LogP contribution in [0.4, 0.5) is 0 Å². The van der Waals surface area contributed by atoms with Crippen molar-refractivity contribution >= 4 is 15.9 Å². The highest BCUT2D eigenvalue weighted by molar-refractivity contribution is 7.89. The van der Waals surface area contributed by atoms with Crippen molar-refractivity contribution in [1.82, 2.24) is 10.0 Å². The lowest BCUT2D eigenvalue weighted by atomic mass is 10.1. The first-order chi connectivity index (χ1) is 12.8. The van der Waals surface area contributed by atoms with Crippen molar-refractivity contribution in [2.75, 3.05) is 13.7 Å². The van der Waals surface area contributed by atoms with Crippen molar-refractivity contribution in [3.05, 3.63) is 59.7 Å². The van der Waals surface area contributed by atoms with Crippen LogP contribution in [0.3, 0.4) is 0 Å². The molecule has 0 spiro atoms. The minimum Gasteiger partial charge on any atom is -0.495 e. The van der Waals surface area contributed by atoms with Gasteiger partial charge in [-0.15, -0.1) is 0 Å². The summed E-state index contributed by atoms with van der Waals surface area (Å²) in [5.41, 5.74) is 1.49. The molecular formula is C20H26N2O4S. The summed E-state index contributed by atoms with van der Waals surface area (Å²) < 4.78 is 32.6. The molecule has 0 saturated heterocycles. The fraction of sp³-hybridized carbons (Fsp3) is 0.350. The van der Waals surface area contributed by atoms with E-state index < -0.39 is 10.0 Å². The number of aryl methyl sites for hydroxylation is 1. The minimum absolute atomic E-state index is 0.0457. The third-order valence-corrected chi connectivity index (χ3v) is 5.56. The third kappa shape index (κ3) is 6.08. The van der Waals surface area contributed by atoms with E-state index in [1.807, 2.05) is 30.3 Å². The van der Waals surface area contributed by atoms with Crippen LogP contribution in [0.2, 0.25) is 0 Å². The Labute approximate surface area is 161 Å². The number of carbonyl (C=O) groups excluding carboxylic acids is 1. The van der Waals surface area contributed by atoms with Gasteiger partial charge in [-0.05, 0) is 50.5 Å². The maximum Gasteiger partial charge on any atom is 0.251 e. The number of amides is 1. The fourth-order valence-corrected chi connectivity index (χ4v) is 4.09. The standard InChI is InChI=1S/C20H26N2O4S/c1-15(2)22-27(24,25)19-14-17(11-12-18(19)26-3)20(23)21-13-7-10-16-8-5-4-6-9-16/h4-6,8-9,11-12,14-15,22H,7,10,13H2,1-3H3,(H,21,23).